The summed E-state index contributed by atoms with van der Waals surface area (Å²) < 4.78 is 51.6. The van der Waals surface area contributed by atoms with E-state index in [1.54, 1.807) is 19.1 Å². The van der Waals surface area contributed by atoms with Crippen molar-refractivity contribution in [2.45, 2.75) is 22.7 Å². The molecule has 128 valence electrons. The molecule has 0 saturated carbocycles. The van der Waals surface area contributed by atoms with Crippen molar-refractivity contribution < 1.29 is 16.8 Å². The summed E-state index contributed by atoms with van der Waals surface area (Å²) in [5.41, 5.74) is 0.833. The zero-order chi connectivity index (χ0) is 17.4. The van der Waals surface area contributed by atoms with Gasteiger partial charge in [0.25, 0.3) is 10.0 Å². The van der Waals surface area contributed by atoms with E-state index < -0.39 is 19.9 Å². The van der Waals surface area contributed by atoms with Gasteiger partial charge in [0.15, 0.2) is 5.03 Å². The van der Waals surface area contributed by atoms with Gasteiger partial charge in [-0.3, -0.25) is 4.72 Å². The molecule has 1 aromatic carbocycles. The fourth-order valence-electron chi connectivity index (χ4n) is 2.06. The molecule has 0 aliphatic heterocycles. The van der Waals surface area contributed by atoms with Gasteiger partial charge in [-0.05, 0) is 24.6 Å². The molecule has 2 aromatic heterocycles. The Morgan fingerprint density at radius 2 is 2.04 bits per heavy atom. The lowest BCUT2D eigenvalue weighted by atomic mass is 10.3. The number of nitrogens with one attached hydrogen (secondary N) is 2. The normalized spacial score (nSPS) is 12.5. The van der Waals surface area contributed by atoms with Crippen LogP contribution >= 0.6 is 11.3 Å². The summed E-state index contributed by atoms with van der Waals surface area (Å²) in [6, 6.07) is 4.68. The minimum Gasteiger partial charge on any atom is -0.334 e. The molecule has 0 atom stereocenters. The van der Waals surface area contributed by atoms with Crippen molar-refractivity contribution in [1.82, 2.24) is 15.0 Å². The number of fused-ring (bicyclic) bond motifs is 1. The van der Waals surface area contributed by atoms with Crippen molar-refractivity contribution in [2.75, 3.05) is 10.5 Å². The summed E-state index contributed by atoms with van der Waals surface area (Å²) in [4.78, 5) is 10.3. The van der Waals surface area contributed by atoms with Crippen LogP contribution in [0.4, 0.5) is 5.69 Å². The average Bonchev–Trinajstić information content (AvgIpc) is 3.16. The Labute approximate surface area is 142 Å². The van der Waals surface area contributed by atoms with E-state index in [1.165, 1.54) is 18.6 Å². The quantitative estimate of drug-likeness (QED) is 0.668. The molecule has 3 aromatic rings. The molecular weight excluding hydrogens is 372 g/mol. The van der Waals surface area contributed by atoms with Crippen molar-refractivity contribution in [3.05, 3.63) is 30.7 Å². The van der Waals surface area contributed by atoms with Crippen LogP contribution in [-0.4, -0.2) is 37.5 Å². The number of benzene rings is 1. The molecule has 0 fully saturated rings. The van der Waals surface area contributed by atoms with E-state index in [-0.39, 0.29) is 15.1 Å². The van der Waals surface area contributed by atoms with E-state index in [2.05, 4.69) is 19.7 Å². The molecule has 0 bridgehead atoms. The minimum atomic E-state index is -3.77. The predicted octanol–water partition coefficient (Wildman–Crippen LogP) is 2.00. The second-order valence-corrected chi connectivity index (χ2v) is 9.97. The number of thiazole rings is 1. The van der Waals surface area contributed by atoms with Crippen molar-refractivity contribution in [2.24, 2.45) is 0 Å². The summed E-state index contributed by atoms with van der Waals surface area (Å²) in [5, 5.41) is -0.0573. The largest absolute Gasteiger partial charge is 0.334 e. The number of rotatable bonds is 6. The van der Waals surface area contributed by atoms with Crippen LogP contribution in [0.2, 0.25) is 0 Å². The second-order valence-electron chi connectivity index (χ2n) is 5.00. The molecular formula is C13H14N4O4S3. The van der Waals surface area contributed by atoms with Crippen molar-refractivity contribution in [3.63, 3.8) is 0 Å². The van der Waals surface area contributed by atoms with Gasteiger partial charge in [0, 0.05) is 0 Å². The molecule has 0 amide bonds. The number of hydrogen-bond donors (Lipinski definition) is 2. The maximum absolute atomic E-state index is 12.2. The van der Waals surface area contributed by atoms with Gasteiger partial charge in [0.1, 0.15) is 0 Å². The fourth-order valence-corrected chi connectivity index (χ4v) is 5.72. The Hall–Kier alpha value is -1.98. The van der Waals surface area contributed by atoms with Crippen LogP contribution in [0.1, 0.15) is 13.3 Å². The van der Waals surface area contributed by atoms with Crippen LogP contribution in [0.15, 0.2) is 40.1 Å². The highest BCUT2D eigenvalue weighted by Crippen LogP contribution is 2.29. The topological polar surface area (TPSA) is 122 Å². The Morgan fingerprint density at radius 3 is 2.71 bits per heavy atom. The van der Waals surface area contributed by atoms with Gasteiger partial charge in [-0.1, -0.05) is 6.92 Å². The summed E-state index contributed by atoms with van der Waals surface area (Å²) in [5.74, 6) is 0.0339. The van der Waals surface area contributed by atoms with Crippen LogP contribution in [0.5, 0.6) is 0 Å². The smallest absolute Gasteiger partial charge is 0.278 e. The molecule has 24 heavy (non-hydrogen) atoms. The standard InChI is InChI=1S/C13H14N4O4S3/c1-2-5-23(18,19)13-16-10-4-3-9(6-11(10)22-13)17-24(20,21)12-7-14-8-15-12/h3-4,6-8,17H,2,5H2,1H3,(H,14,15). The number of anilines is 1. The molecule has 0 saturated heterocycles. The fraction of sp³-hybridized carbons (Fsp3) is 0.231. The summed E-state index contributed by atoms with van der Waals surface area (Å²) in [7, 11) is -7.17. The summed E-state index contributed by atoms with van der Waals surface area (Å²) in [6.45, 7) is 1.78. The Morgan fingerprint density at radius 1 is 1.25 bits per heavy atom. The lowest BCUT2D eigenvalue weighted by molar-refractivity contribution is 0.593. The van der Waals surface area contributed by atoms with Crippen molar-refractivity contribution >= 4 is 47.1 Å². The summed E-state index contributed by atoms with van der Waals surface area (Å²) >= 11 is 1.03. The van der Waals surface area contributed by atoms with Crippen LogP contribution < -0.4 is 4.72 Å². The number of H-pyrrole nitrogens is 1. The molecule has 2 N–H and O–H groups in total. The third-order valence-electron chi connectivity index (χ3n) is 3.12. The van der Waals surface area contributed by atoms with Gasteiger partial charge in [0.05, 0.1) is 34.2 Å². The van der Waals surface area contributed by atoms with Crippen molar-refractivity contribution in [1.29, 1.82) is 0 Å². The molecule has 0 aliphatic rings. The molecule has 0 spiro atoms. The number of sulfonamides is 1. The maximum Gasteiger partial charge on any atom is 0.278 e. The van der Waals surface area contributed by atoms with Gasteiger partial charge >= 0.3 is 0 Å². The van der Waals surface area contributed by atoms with E-state index in [0.717, 1.165) is 11.3 Å². The van der Waals surface area contributed by atoms with Crippen LogP contribution in [0.25, 0.3) is 10.2 Å². The molecule has 0 aliphatic carbocycles. The maximum atomic E-state index is 12.2. The Balaban J connectivity index is 1.95. The Kier molecular flexibility index (Phi) is 4.32. The monoisotopic (exact) mass is 386 g/mol. The molecule has 0 radical (unpaired) electrons. The zero-order valence-electron chi connectivity index (χ0n) is 12.6. The van der Waals surface area contributed by atoms with E-state index >= 15 is 0 Å². The van der Waals surface area contributed by atoms with E-state index in [1.807, 2.05) is 0 Å². The third-order valence-corrected chi connectivity index (χ3v) is 7.82. The van der Waals surface area contributed by atoms with Crippen molar-refractivity contribution in [3.8, 4) is 0 Å². The first-order valence-corrected chi connectivity index (χ1v) is 10.9. The van der Waals surface area contributed by atoms with E-state index in [9.17, 15) is 16.8 Å². The van der Waals surface area contributed by atoms with Crippen LogP contribution in [0.3, 0.4) is 0 Å². The number of hydrogen-bond acceptors (Lipinski definition) is 7. The van der Waals surface area contributed by atoms with Crippen LogP contribution in [-0.2, 0) is 19.9 Å². The molecule has 2 heterocycles. The average molecular weight is 386 g/mol. The SMILES string of the molecule is CCCS(=O)(=O)c1nc2ccc(NS(=O)(=O)c3cnc[nH]3)cc2s1. The van der Waals surface area contributed by atoms with Gasteiger partial charge in [-0.15, -0.1) is 11.3 Å². The minimum absolute atomic E-state index is 0.0339. The van der Waals surface area contributed by atoms with Gasteiger partial charge in [0.2, 0.25) is 14.2 Å². The number of imidazole rings is 1. The highest BCUT2D eigenvalue weighted by molar-refractivity contribution is 7.93. The highest BCUT2D eigenvalue weighted by atomic mass is 32.2. The molecule has 11 heteroatoms. The van der Waals surface area contributed by atoms with Gasteiger partial charge in [-0.25, -0.2) is 18.4 Å². The highest BCUT2D eigenvalue weighted by Gasteiger charge is 2.20. The molecule has 3 rings (SSSR count). The Bertz CT molecular complexity index is 1070. The number of aromatic amines is 1. The molecule has 0 unspecified atom stereocenters. The lowest BCUT2D eigenvalue weighted by Gasteiger charge is -2.05. The number of nitrogens with zero attached hydrogens (tertiary/aromatic N) is 2. The third kappa shape index (κ3) is 3.28. The van der Waals surface area contributed by atoms with Gasteiger partial charge < -0.3 is 4.98 Å². The predicted molar refractivity (Wildman–Crippen MR) is 91.4 cm³/mol. The first-order valence-electron chi connectivity index (χ1n) is 6.96. The zero-order valence-corrected chi connectivity index (χ0v) is 15.0. The molecule has 8 nitrogen and oxygen atoms in total. The van der Waals surface area contributed by atoms with E-state index in [0.29, 0.717) is 22.3 Å². The van der Waals surface area contributed by atoms with E-state index in [4.69, 9.17) is 0 Å². The summed E-state index contributed by atoms with van der Waals surface area (Å²) in [6.07, 6.45) is 2.97. The first-order chi connectivity index (χ1) is 11.3. The van der Waals surface area contributed by atoms with Crippen LogP contribution in [0, 0.1) is 0 Å². The lowest BCUT2D eigenvalue weighted by Crippen LogP contribution is -2.13. The number of aromatic nitrogens is 3. The second kappa shape index (κ2) is 6.15. The first kappa shape index (κ1) is 16.9. The number of sulfone groups is 1. The van der Waals surface area contributed by atoms with Gasteiger partial charge in [-0.2, -0.15) is 8.42 Å².